The molecule has 0 atom stereocenters. The van der Waals surface area contributed by atoms with Crippen LogP contribution >= 0.6 is 0 Å². The van der Waals surface area contributed by atoms with Crippen LogP contribution in [0.4, 0.5) is 0 Å². The zero-order valence-electron chi connectivity index (χ0n) is 39.6. The molecule has 0 bridgehead atoms. The van der Waals surface area contributed by atoms with Gasteiger partial charge in [-0.3, -0.25) is 0 Å². The summed E-state index contributed by atoms with van der Waals surface area (Å²) in [5, 5.41) is 0.599. The van der Waals surface area contributed by atoms with E-state index in [9.17, 15) is 0 Å². The third kappa shape index (κ3) is 6.85. The van der Waals surface area contributed by atoms with Crippen LogP contribution in [0.25, 0.3) is 98.4 Å². The molecule has 0 N–H and O–H groups in total. The van der Waals surface area contributed by atoms with Gasteiger partial charge in [-0.2, -0.15) is 0 Å². The second kappa shape index (κ2) is 18.1. The molecular weight excluding hydrogens is 871 g/mol. The van der Waals surface area contributed by atoms with E-state index in [1.165, 1.54) is 0 Å². The molecule has 0 saturated heterocycles. The number of benzene rings is 9. The Bertz CT molecular complexity index is 4330. The van der Waals surface area contributed by atoms with Crippen molar-refractivity contribution < 1.29 is 4.42 Å². The molecule has 1 heterocycles. The molecule has 0 amide bonds. The SMILES string of the molecule is [B]c1c([B])c(-c2c3c([B])c([B])c([B])c([B])c3c(-c3c([B])c([B])c4c(c3[B])c([B])c([B])c3c([B])c([B])c([B])c([B])c34)c3c([B])c([B])c([B])c([B])c23)c([B])c([B])c1-c1c([B])c([B])c2oc3c([B])c([B])c([B])c([B])c3c2c1[B]. The van der Waals surface area contributed by atoms with Gasteiger partial charge in [0.15, 0.2) is 0 Å². The summed E-state index contributed by atoms with van der Waals surface area (Å²) in [4.78, 5) is 0. The van der Waals surface area contributed by atoms with E-state index in [1.54, 1.807) is 0 Å². The lowest BCUT2D eigenvalue weighted by Crippen LogP contribution is -2.52. The minimum absolute atomic E-state index is 0.00704. The molecule has 0 aliphatic carbocycles. The Morgan fingerprint density at radius 3 is 0.667 bits per heavy atom. The van der Waals surface area contributed by atoms with E-state index in [1.807, 2.05) is 0 Å². The summed E-state index contributed by atoms with van der Waals surface area (Å²) in [6.07, 6.45) is 0. The first-order valence-electron chi connectivity index (χ1n) is 22.0. The number of furan rings is 1. The van der Waals surface area contributed by atoms with E-state index in [4.69, 9.17) is 224 Å². The van der Waals surface area contributed by atoms with Gasteiger partial charge in [0.2, 0.25) is 0 Å². The first kappa shape index (κ1) is 54.0. The Morgan fingerprint density at radius 2 is 0.293 bits per heavy atom. The predicted octanol–water partition coefficient (Wildman–Crippen LogP) is -20.6. The molecule has 75 heavy (non-hydrogen) atoms. The van der Waals surface area contributed by atoms with Crippen LogP contribution in [0, 0.1) is 0 Å². The highest BCUT2D eigenvalue weighted by Crippen LogP contribution is 2.39. The van der Waals surface area contributed by atoms with Crippen LogP contribution in [0.2, 0.25) is 0 Å². The molecule has 10 aromatic rings. The third-order valence-electron chi connectivity index (χ3n) is 14.7. The predicted molar refractivity (Wildman–Crippen MR) is 351 cm³/mol. The zero-order chi connectivity index (χ0) is 55.3. The Balaban J connectivity index is 1.42. The normalized spacial score (nSPS) is 11.9. The van der Waals surface area contributed by atoms with Crippen molar-refractivity contribution in [2.24, 2.45) is 0 Å². The van der Waals surface area contributed by atoms with Gasteiger partial charge in [0.25, 0.3) is 0 Å². The highest BCUT2D eigenvalue weighted by molar-refractivity contribution is 6.78. The van der Waals surface area contributed by atoms with Gasteiger partial charge in [-0.05, 0) is 76.5 Å². The Morgan fingerprint density at radius 1 is 0.120 bits per heavy atom. The Kier molecular flexibility index (Phi) is 13.0. The number of hydrogen-bond donors (Lipinski definition) is 0. The van der Waals surface area contributed by atoms with Gasteiger partial charge in [0.05, 0.1) is 0 Å². The second-order valence-corrected chi connectivity index (χ2v) is 18.3. The van der Waals surface area contributed by atoms with Gasteiger partial charge in [0, 0.05) is 10.8 Å². The smallest absolute Gasteiger partial charge is 0.127 e. The average Bonchev–Trinajstić information content (AvgIpc) is 3.84. The van der Waals surface area contributed by atoms with Gasteiger partial charge in [-0.25, -0.2) is 0 Å². The van der Waals surface area contributed by atoms with Crippen molar-refractivity contribution in [1.29, 1.82) is 0 Å². The van der Waals surface area contributed by atoms with Crippen molar-refractivity contribution in [3.05, 3.63) is 0 Å². The Labute approximate surface area is 472 Å². The fourth-order valence-corrected chi connectivity index (χ4v) is 10.7. The van der Waals surface area contributed by atoms with E-state index in [0.717, 1.165) is 0 Å². The van der Waals surface area contributed by atoms with E-state index in [2.05, 4.69) is 0 Å². The van der Waals surface area contributed by atoms with Crippen LogP contribution in [-0.4, -0.2) is 220 Å². The largest absolute Gasteiger partial charge is 0.457 e. The average molecular weight is 871 g/mol. The highest BCUT2D eigenvalue weighted by atomic mass is 16.3. The molecule has 1 nitrogen and oxygen atoms in total. The fraction of sp³-hybridized carbons (Fsp3) is 0. The third-order valence-corrected chi connectivity index (χ3v) is 14.7. The molecule has 274 valence electrons. The van der Waals surface area contributed by atoms with Crippen molar-refractivity contribution in [2.45, 2.75) is 0 Å². The van der Waals surface area contributed by atoms with E-state index in [-0.39, 0.29) is 251 Å². The fourth-order valence-electron chi connectivity index (χ4n) is 10.7. The zero-order valence-corrected chi connectivity index (χ0v) is 39.6. The minimum Gasteiger partial charge on any atom is -0.457 e. The van der Waals surface area contributed by atoms with Crippen molar-refractivity contribution in [1.82, 2.24) is 0 Å². The maximum absolute atomic E-state index is 7.28. The summed E-state index contributed by atoms with van der Waals surface area (Å²) in [5.74, 6) is 0. The van der Waals surface area contributed by atoms with Crippen LogP contribution < -0.4 is 153 Å². The van der Waals surface area contributed by atoms with Crippen molar-refractivity contribution >= 4 is 438 Å². The van der Waals surface area contributed by atoms with E-state index < -0.39 is 0 Å². The first-order chi connectivity index (χ1) is 35.0. The molecule has 1 aromatic heterocycles. The Hall–Kier alpha value is -4.36. The highest BCUT2D eigenvalue weighted by Gasteiger charge is 2.31. The summed E-state index contributed by atoms with van der Waals surface area (Å²) in [5.41, 5.74) is -4.55. The van der Waals surface area contributed by atoms with Crippen LogP contribution in [0.3, 0.4) is 0 Å². The summed E-state index contributed by atoms with van der Waals surface area (Å²) < 4.78 is 6.08. The van der Waals surface area contributed by atoms with Gasteiger partial charge >= 0.3 is 0 Å². The molecule has 56 radical (unpaired) electrons. The second-order valence-electron chi connectivity index (χ2n) is 18.3. The van der Waals surface area contributed by atoms with Gasteiger partial charge in [-0.1, -0.05) is 109 Å². The molecule has 9 aromatic carbocycles. The lowest BCUT2D eigenvalue weighted by Gasteiger charge is -2.33. The van der Waals surface area contributed by atoms with E-state index >= 15 is 0 Å². The molecule has 0 unspecified atom stereocenters. The number of fused-ring (bicyclic) bond motifs is 8. The summed E-state index contributed by atoms with van der Waals surface area (Å²) >= 11 is 0. The molecule has 0 aliphatic heterocycles. The number of hydrogen-bond acceptors (Lipinski definition) is 1. The van der Waals surface area contributed by atoms with Crippen molar-refractivity contribution in [3.8, 4) is 33.4 Å². The summed E-state index contributed by atoms with van der Waals surface area (Å²) in [6, 6.07) is 0. The minimum atomic E-state index is -0.273. The molecular formula is C46B28O. The van der Waals surface area contributed by atoms with Crippen molar-refractivity contribution in [3.63, 3.8) is 0 Å². The monoisotopic (exact) mass is 876 g/mol. The quantitative estimate of drug-likeness (QED) is 0.0979. The first-order valence-corrected chi connectivity index (χ1v) is 22.0. The van der Waals surface area contributed by atoms with Gasteiger partial charge < -0.3 is 4.42 Å². The van der Waals surface area contributed by atoms with Crippen LogP contribution in [0.15, 0.2) is 4.42 Å². The molecule has 0 saturated carbocycles. The van der Waals surface area contributed by atoms with Gasteiger partial charge in [-0.15, -0.1) is 43.7 Å². The molecule has 10 rings (SSSR count). The standard InChI is InChI=1S/C46B28O/c47-17-9(25(55)19(49)7-8-12(29(59)28(58)11(7)17)32(62)40(70)39(69)24(8)54)1-3-5(22(52)37(67)35(65)20(3)50)2(6-4(1)21(51)36(66)38(68)23(6)53)10-26(56)30(60)14(31(61)27(10)57)13-18(48)15-16-34(64)41(71)42(72)44(74)46(16)75-45(15)43(73)33(13)63. The van der Waals surface area contributed by atoms with Crippen molar-refractivity contribution in [2.75, 3.05) is 0 Å². The molecule has 0 aliphatic rings. The van der Waals surface area contributed by atoms with Crippen LogP contribution in [0.5, 0.6) is 0 Å². The molecule has 0 fully saturated rings. The topological polar surface area (TPSA) is 13.1 Å². The van der Waals surface area contributed by atoms with Crippen LogP contribution in [0.1, 0.15) is 0 Å². The maximum atomic E-state index is 7.28. The lowest BCUT2D eigenvalue weighted by atomic mass is 9.55. The number of rotatable bonds is 3. The molecule has 0 spiro atoms. The van der Waals surface area contributed by atoms with E-state index in [0.29, 0.717) is 0 Å². The summed E-state index contributed by atoms with van der Waals surface area (Å²) in [7, 11) is 190. The summed E-state index contributed by atoms with van der Waals surface area (Å²) in [6.45, 7) is 0. The van der Waals surface area contributed by atoms with Crippen LogP contribution in [-0.2, 0) is 0 Å². The van der Waals surface area contributed by atoms with Gasteiger partial charge in [0.1, 0.15) is 231 Å². The maximum Gasteiger partial charge on any atom is 0.127 e. The lowest BCUT2D eigenvalue weighted by molar-refractivity contribution is 0.675. The molecule has 29 heteroatoms.